The van der Waals surface area contributed by atoms with Gasteiger partial charge in [-0.3, -0.25) is 10.1 Å². The Hall–Kier alpha value is -4.88. The van der Waals surface area contributed by atoms with E-state index >= 15 is 0 Å². The Morgan fingerprint density at radius 3 is 2.74 bits per heavy atom. The van der Waals surface area contributed by atoms with Gasteiger partial charge in [0.05, 0.1) is 11.8 Å². The molecule has 218 valence electrons. The van der Waals surface area contributed by atoms with Crippen molar-refractivity contribution in [1.82, 2.24) is 25.5 Å². The second-order valence-electron chi connectivity index (χ2n) is 10.1. The Bertz CT molecular complexity index is 1620. The molecule has 1 aliphatic heterocycles. The summed E-state index contributed by atoms with van der Waals surface area (Å²) in [5, 5.41) is 13.2. The number of hydrogen-bond acceptors (Lipinski definition) is 8. The van der Waals surface area contributed by atoms with Crippen LogP contribution in [0.4, 0.5) is 23.8 Å². The summed E-state index contributed by atoms with van der Waals surface area (Å²) in [5.74, 6) is 0.344. The van der Waals surface area contributed by atoms with Gasteiger partial charge in [-0.1, -0.05) is 34.6 Å². The molecule has 3 amide bonds. The van der Waals surface area contributed by atoms with Gasteiger partial charge in [-0.05, 0) is 59.7 Å². The molecule has 3 heterocycles. The zero-order valence-electron chi connectivity index (χ0n) is 22.3. The normalized spacial score (nSPS) is 17.9. The van der Waals surface area contributed by atoms with Gasteiger partial charge < -0.3 is 24.0 Å². The van der Waals surface area contributed by atoms with Crippen LogP contribution in [0, 0.1) is 12.8 Å². The first-order valence-electron chi connectivity index (χ1n) is 13.2. The Kier molecular flexibility index (Phi) is 7.04. The van der Waals surface area contributed by atoms with E-state index in [2.05, 4.69) is 30.7 Å². The maximum absolute atomic E-state index is 13.0. The van der Waals surface area contributed by atoms with Crippen molar-refractivity contribution in [1.29, 1.82) is 0 Å². The fourth-order valence-corrected chi connectivity index (χ4v) is 5.21. The van der Waals surface area contributed by atoms with Crippen LogP contribution in [-0.4, -0.2) is 45.0 Å². The maximum Gasteiger partial charge on any atom is 0.573 e. The van der Waals surface area contributed by atoms with Crippen LogP contribution in [0.2, 0.25) is 0 Å². The van der Waals surface area contributed by atoms with E-state index in [1.807, 2.05) is 12.1 Å². The van der Waals surface area contributed by atoms with Crippen LogP contribution in [0.25, 0.3) is 11.1 Å². The van der Waals surface area contributed by atoms with Crippen molar-refractivity contribution in [2.24, 2.45) is 5.92 Å². The number of fused-ring (bicyclic) bond motifs is 1. The first-order valence-corrected chi connectivity index (χ1v) is 13.2. The Balaban J connectivity index is 1.25. The Morgan fingerprint density at radius 1 is 1.14 bits per heavy atom. The summed E-state index contributed by atoms with van der Waals surface area (Å²) in [5.41, 5.74) is 3.73. The molecule has 2 atom stereocenters. The number of aromatic nitrogens is 3. The number of rotatable bonds is 7. The Morgan fingerprint density at radius 2 is 2.00 bits per heavy atom. The maximum atomic E-state index is 13.0. The van der Waals surface area contributed by atoms with E-state index in [0.717, 1.165) is 22.3 Å². The van der Waals surface area contributed by atoms with Gasteiger partial charge in [0.1, 0.15) is 12.0 Å². The van der Waals surface area contributed by atoms with E-state index < -0.39 is 6.36 Å². The van der Waals surface area contributed by atoms with Crippen LogP contribution >= 0.6 is 0 Å². The van der Waals surface area contributed by atoms with Crippen LogP contribution in [0.1, 0.15) is 40.7 Å². The minimum absolute atomic E-state index is 0.121. The molecule has 0 radical (unpaired) electrons. The minimum Gasteiger partial charge on any atom is -0.406 e. The molecule has 14 heteroatoms. The largest absolute Gasteiger partial charge is 0.573 e. The molecule has 6 rings (SSSR count). The number of alkyl halides is 3. The quantitative estimate of drug-likeness (QED) is 0.313. The second kappa shape index (κ2) is 10.8. The third-order valence-corrected chi connectivity index (χ3v) is 7.29. The van der Waals surface area contributed by atoms with Crippen LogP contribution in [0.15, 0.2) is 57.8 Å². The van der Waals surface area contributed by atoms with E-state index in [0.29, 0.717) is 36.7 Å². The van der Waals surface area contributed by atoms with Crippen LogP contribution in [0.3, 0.4) is 0 Å². The third-order valence-electron chi connectivity index (χ3n) is 7.29. The molecule has 0 bridgehead atoms. The zero-order valence-corrected chi connectivity index (χ0v) is 22.3. The molecule has 0 spiro atoms. The van der Waals surface area contributed by atoms with E-state index in [1.165, 1.54) is 30.5 Å². The lowest BCUT2D eigenvalue weighted by Crippen LogP contribution is -2.40. The first-order chi connectivity index (χ1) is 20.1. The predicted molar refractivity (Wildman–Crippen MR) is 140 cm³/mol. The summed E-state index contributed by atoms with van der Waals surface area (Å²) in [6.45, 7) is 2.48. The lowest BCUT2D eigenvalue weighted by molar-refractivity contribution is -0.274. The number of nitrogens with one attached hydrogen (secondary N) is 2. The molecule has 2 aromatic carbocycles. The van der Waals surface area contributed by atoms with Gasteiger partial charge >= 0.3 is 12.4 Å². The topological polar surface area (TPSA) is 136 Å². The highest BCUT2D eigenvalue weighted by Crippen LogP contribution is 2.47. The standard InChI is InChI=1S/C28H25F3N6O5/c1-15-33-26(42-35-15)22-12-21(22)25(38)32-13-17-5-6-19(16-3-2-4-18(11-16)41-28(29,30)31)20-7-9-37(14-23(17)20)27(39)34-24-8-10-40-36-24/h2-6,8,10-11,21-22H,7,9,12-14H2,1H3,(H,32,38)(H,34,36,39). The van der Waals surface area contributed by atoms with Gasteiger partial charge in [-0.25, -0.2) is 4.79 Å². The monoisotopic (exact) mass is 582 g/mol. The SMILES string of the molecule is Cc1noc(C2CC2C(=O)NCc2ccc(-c3cccc(OC(F)(F)F)c3)c3c2CN(C(=O)Nc2ccon2)CC3)n1. The number of urea groups is 1. The van der Waals surface area contributed by atoms with Gasteiger partial charge in [0.2, 0.25) is 11.8 Å². The molecule has 1 fully saturated rings. The average molecular weight is 583 g/mol. The molecule has 42 heavy (non-hydrogen) atoms. The number of halogens is 3. The number of benzene rings is 2. The number of amides is 3. The highest BCUT2D eigenvalue weighted by Gasteiger charge is 2.47. The molecular formula is C28H25F3N6O5. The summed E-state index contributed by atoms with van der Waals surface area (Å²) in [6.07, 6.45) is -2.43. The molecule has 1 aliphatic carbocycles. The van der Waals surface area contributed by atoms with Gasteiger partial charge in [0.25, 0.3) is 0 Å². The molecule has 2 unspecified atom stereocenters. The van der Waals surface area contributed by atoms with E-state index in [1.54, 1.807) is 17.9 Å². The van der Waals surface area contributed by atoms with Crippen molar-refractivity contribution in [3.63, 3.8) is 0 Å². The first kappa shape index (κ1) is 27.3. The molecular weight excluding hydrogens is 557 g/mol. The molecule has 0 saturated heterocycles. The summed E-state index contributed by atoms with van der Waals surface area (Å²) in [7, 11) is 0. The number of anilines is 1. The predicted octanol–water partition coefficient (Wildman–Crippen LogP) is 4.94. The molecule has 2 aromatic heterocycles. The minimum atomic E-state index is -4.82. The number of carbonyl (C=O) groups excluding carboxylic acids is 2. The van der Waals surface area contributed by atoms with Gasteiger partial charge in [0, 0.05) is 25.7 Å². The lowest BCUT2D eigenvalue weighted by atomic mass is 9.87. The van der Waals surface area contributed by atoms with Crippen molar-refractivity contribution >= 4 is 17.8 Å². The number of carbonyl (C=O) groups is 2. The molecule has 2 aliphatic rings. The third kappa shape index (κ3) is 5.92. The van der Waals surface area contributed by atoms with Crippen molar-refractivity contribution < 1.29 is 36.5 Å². The van der Waals surface area contributed by atoms with Gasteiger partial charge in [-0.2, -0.15) is 4.98 Å². The van der Waals surface area contributed by atoms with E-state index in [-0.39, 0.29) is 48.4 Å². The zero-order chi connectivity index (χ0) is 29.4. The van der Waals surface area contributed by atoms with Crippen LogP contribution in [0.5, 0.6) is 5.75 Å². The fourth-order valence-electron chi connectivity index (χ4n) is 5.21. The smallest absolute Gasteiger partial charge is 0.406 e. The summed E-state index contributed by atoms with van der Waals surface area (Å²) in [4.78, 5) is 31.7. The molecule has 2 N–H and O–H groups in total. The number of ether oxygens (including phenoxy) is 1. The Labute approximate surface area is 237 Å². The van der Waals surface area contributed by atoms with Crippen molar-refractivity contribution in [3.8, 4) is 16.9 Å². The van der Waals surface area contributed by atoms with Crippen molar-refractivity contribution in [3.05, 3.63) is 77.1 Å². The van der Waals surface area contributed by atoms with Gasteiger partial charge in [0.15, 0.2) is 11.6 Å². The fraction of sp³-hybridized carbons (Fsp3) is 0.321. The van der Waals surface area contributed by atoms with Crippen molar-refractivity contribution in [2.75, 3.05) is 11.9 Å². The molecule has 11 nitrogen and oxygen atoms in total. The van der Waals surface area contributed by atoms with E-state index in [4.69, 9.17) is 9.05 Å². The number of hydrogen-bond donors (Lipinski definition) is 2. The summed E-state index contributed by atoms with van der Waals surface area (Å²) in [6, 6.07) is 10.5. The summed E-state index contributed by atoms with van der Waals surface area (Å²) < 4.78 is 52.7. The molecule has 4 aromatic rings. The number of nitrogens with zero attached hydrogens (tertiary/aromatic N) is 4. The van der Waals surface area contributed by atoms with Gasteiger partial charge in [-0.15, -0.1) is 13.2 Å². The number of aryl methyl sites for hydroxylation is 1. The van der Waals surface area contributed by atoms with E-state index in [9.17, 15) is 22.8 Å². The average Bonchev–Trinajstić information content (AvgIpc) is 3.36. The van der Waals surface area contributed by atoms with Crippen LogP contribution in [-0.2, 0) is 24.3 Å². The second-order valence-corrected chi connectivity index (χ2v) is 10.1. The summed E-state index contributed by atoms with van der Waals surface area (Å²) >= 11 is 0. The lowest BCUT2D eigenvalue weighted by Gasteiger charge is -2.32. The van der Waals surface area contributed by atoms with Crippen LogP contribution < -0.4 is 15.4 Å². The highest BCUT2D eigenvalue weighted by atomic mass is 19.4. The van der Waals surface area contributed by atoms with Crippen molar-refractivity contribution in [2.45, 2.75) is 45.1 Å². The highest BCUT2D eigenvalue weighted by molar-refractivity contribution is 5.88. The molecule has 1 saturated carbocycles.